The second kappa shape index (κ2) is 11.4. The summed E-state index contributed by atoms with van der Waals surface area (Å²) in [5.74, 6) is 6.24. The van der Waals surface area contributed by atoms with Crippen molar-refractivity contribution in [3.63, 3.8) is 0 Å². The number of rotatable bonds is 7. The Balaban J connectivity index is 1.60. The van der Waals surface area contributed by atoms with E-state index in [-0.39, 0.29) is 18.0 Å². The number of anilines is 2. The molecular weight excluding hydrogens is 536 g/mol. The number of sulfone groups is 1. The van der Waals surface area contributed by atoms with E-state index in [1.54, 1.807) is 24.3 Å². The van der Waals surface area contributed by atoms with Crippen molar-refractivity contribution in [1.82, 2.24) is 9.47 Å². The number of hydrogen-bond donors (Lipinski definition) is 2. The molecule has 0 amide bonds. The third-order valence-electron chi connectivity index (χ3n) is 6.52. The van der Waals surface area contributed by atoms with Gasteiger partial charge in [0.1, 0.15) is 18.5 Å². The van der Waals surface area contributed by atoms with Crippen molar-refractivity contribution in [3.8, 4) is 17.6 Å². The Hall–Kier alpha value is -3.43. The number of piperidine rings is 1. The molecule has 2 N–H and O–H groups in total. The van der Waals surface area contributed by atoms with Gasteiger partial charge in [-0.2, -0.15) is 13.2 Å². The van der Waals surface area contributed by atoms with Crippen LogP contribution in [-0.2, 0) is 16.4 Å². The molecule has 2 heterocycles. The monoisotopic (exact) mass is 566 g/mol. The number of halogens is 4. The van der Waals surface area contributed by atoms with Gasteiger partial charge in [0, 0.05) is 48.2 Å². The summed E-state index contributed by atoms with van der Waals surface area (Å²) in [6.45, 7) is -0.0239. The number of ether oxygens (including phenoxy) is 1. The summed E-state index contributed by atoms with van der Waals surface area (Å²) < 4.78 is 84.3. The van der Waals surface area contributed by atoms with Crippen molar-refractivity contribution in [2.45, 2.75) is 36.3 Å². The minimum absolute atomic E-state index is 0.117. The standard InChI is InChI=1S/C27H30F4N4O3S/c1-34-11-9-22(21(28)16-34)33-24-13-18(14-25-20(24)8-12-35(25)17-27(29,30)31)5-4-10-32-23-7-6-19(39(3,36)37)15-26(23)38-2/h6-8,12-15,21-22,32-33H,9-11,16-17H2,1-3H3/t21-,22+/m1/s1. The average molecular weight is 567 g/mol. The first-order valence-corrected chi connectivity index (χ1v) is 14.1. The molecule has 0 aliphatic carbocycles. The number of benzene rings is 2. The molecule has 2 aromatic carbocycles. The van der Waals surface area contributed by atoms with Crippen LogP contribution in [0.15, 0.2) is 47.5 Å². The normalized spacial score (nSPS) is 18.4. The summed E-state index contributed by atoms with van der Waals surface area (Å²) in [6, 6.07) is 8.87. The predicted octanol–water partition coefficient (Wildman–Crippen LogP) is 4.53. The van der Waals surface area contributed by atoms with Crippen LogP contribution in [0.1, 0.15) is 12.0 Å². The SMILES string of the molecule is COc1cc(S(C)(=O)=O)ccc1NCC#Cc1cc(N[C@H]2CCN(C)C[C@H]2F)c2ccn(CC(F)(F)F)c2c1. The zero-order valence-electron chi connectivity index (χ0n) is 21.8. The quantitative estimate of drug-likeness (QED) is 0.323. The highest BCUT2D eigenvalue weighted by Crippen LogP contribution is 2.31. The van der Waals surface area contributed by atoms with Gasteiger partial charge in [-0.05, 0) is 43.8 Å². The molecular formula is C27H30F4N4O3S. The molecule has 1 aromatic heterocycles. The zero-order chi connectivity index (χ0) is 28.4. The molecule has 210 valence electrons. The van der Waals surface area contributed by atoms with Gasteiger partial charge in [0.25, 0.3) is 0 Å². The zero-order valence-corrected chi connectivity index (χ0v) is 22.6. The number of alkyl halides is 4. The number of methoxy groups -OCH3 is 1. The van der Waals surface area contributed by atoms with E-state index in [2.05, 4.69) is 22.5 Å². The Morgan fingerprint density at radius 3 is 2.59 bits per heavy atom. The topological polar surface area (TPSA) is 75.6 Å². The van der Waals surface area contributed by atoms with Gasteiger partial charge < -0.3 is 24.8 Å². The Morgan fingerprint density at radius 1 is 1.15 bits per heavy atom. The number of likely N-dealkylation sites (tertiary alicyclic amines) is 1. The number of aromatic nitrogens is 1. The number of hydrogen-bond acceptors (Lipinski definition) is 6. The molecule has 1 fully saturated rings. The van der Waals surface area contributed by atoms with Crippen LogP contribution >= 0.6 is 0 Å². The van der Waals surface area contributed by atoms with Gasteiger partial charge in [0.2, 0.25) is 0 Å². The van der Waals surface area contributed by atoms with Gasteiger partial charge in [0.05, 0.1) is 35.8 Å². The second-order valence-corrected chi connectivity index (χ2v) is 11.6. The van der Waals surface area contributed by atoms with E-state index < -0.39 is 34.8 Å². The molecule has 1 aliphatic rings. The van der Waals surface area contributed by atoms with Gasteiger partial charge in [-0.25, -0.2) is 12.8 Å². The van der Waals surface area contributed by atoms with Gasteiger partial charge in [0.15, 0.2) is 9.84 Å². The van der Waals surface area contributed by atoms with Crippen LogP contribution in [0, 0.1) is 11.8 Å². The third kappa shape index (κ3) is 7.16. The number of nitrogens with one attached hydrogen (secondary N) is 2. The van der Waals surface area contributed by atoms with E-state index in [1.165, 1.54) is 25.4 Å². The van der Waals surface area contributed by atoms with Crippen LogP contribution in [-0.4, -0.2) is 76.3 Å². The van der Waals surface area contributed by atoms with E-state index in [4.69, 9.17) is 4.74 Å². The maximum atomic E-state index is 14.7. The van der Waals surface area contributed by atoms with E-state index in [9.17, 15) is 26.0 Å². The van der Waals surface area contributed by atoms with Crippen molar-refractivity contribution in [2.75, 3.05) is 50.7 Å². The molecule has 7 nitrogen and oxygen atoms in total. The molecule has 0 radical (unpaired) electrons. The molecule has 3 aromatic rings. The lowest BCUT2D eigenvalue weighted by Crippen LogP contribution is -2.46. The lowest BCUT2D eigenvalue weighted by molar-refractivity contribution is -0.139. The predicted molar refractivity (Wildman–Crippen MR) is 144 cm³/mol. The van der Waals surface area contributed by atoms with Crippen molar-refractivity contribution >= 4 is 32.1 Å². The Kier molecular flexibility index (Phi) is 8.32. The van der Waals surface area contributed by atoms with Gasteiger partial charge in [-0.3, -0.25) is 0 Å². The van der Waals surface area contributed by atoms with Gasteiger partial charge >= 0.3 is 6.18 Å². The lowest BCUT2D eigenvalue weighted by atomic mass is 10.0. The molecule has 4 rings (SSSR count). The Bertz CT molecular complexity index is 1510. The fourth-order valence-corrected chi connectivity index (χ4v) is 5.21. The molecule has 0 saturated carbocycles. The summed E-state index contributed by atoms with van der Waals surface area (Å²) in [5, 5.41) is 6.83. The van der Waals surface area contributed by atoms with E-state index >= 15 is 0 Å². The molecule has 1 aliphatic heterocycles. The van der Waals surface area contributed by atoms with Gasteiger partial charge in [-0.15, -0.1) is 0 Å². The first kappa shape index (κ1) is 28.6. The maximum Gasteiger partial charge on any atom is 0.406 e. The summed E-state index contributed by atoms with van der Waals surface area (Å²) in [6.07, 6.45) is -2.50. The summed E-state index contributed by atoms with van der Waals surface area (Å²) in [7, 11) is -0.136. The van der Waals surface area contributed by atoms with Crippen LogP contribution in [0.3, 0.4) is 0 Å². The molecule has 39 heavy (non-hydrogen) atoms. The third-order valence-corrected chi connectivity index (χ3v) is 7.64. The van der Waals surface area contributed by atoms with E-state index in [0.29, 0.717) is 46.6 Å². The van der Waals surface area contributed by atoms with E-state index in [0.717, 1.165) is 10.8 Å². The fourth-order valence-electron chi connectivity index (χ4n) is 4.57. The van der Waals surface area contributed by atoms with Crippen molar-refractivity contribution in [1.29, 1.82) is 0 Å². The first-order valence-electron chi connectivity index (χ1n) is 12.2. The van der Waals surface area contributed by atoms with E-state index in [1.807, 2.05) is 11.9 Å². The highest BCUT2D eigenvalue weighted by molar-refractivity contribution is 7.90. The number of nitrogens with zero attached hydrogens (tertiary/aromatic N) is 2. The molecule has 0 unspecified atom stereocenters. The number of fused-ring (bicyclic) bond motifs is 1. The summed E-state index contributed by atoms with van der Waals surface area (Å²) >= 11 is 0. The Morgan fingerprint density at radius 2 is 1.92 bits per heavy atom. The minimum atomic E-state index is -4.41. The van der Waals surface area contributed by atoms with Crippen molar-refractivity contribution in [2.24, 2.45) is 0 Å². The first-order chi connectivity index (χ1) is 18.3. The Labute approximate surface area is 225 Å². The highest BCUT2D eigenvalue weighted by Gasteiger charge is 2.30. The minimum Gasteiger partial charge on any atom is -0.495 e. The van der Waals surface area contributed by atoms with Crippen molar-refractivity contribution < 1.29 is 30.7 Å². The van der Waals surface area contributed by atoms with Crippen LogP contribution in [0.5, 0.6) is 5.75 Å². The smallest absolute Gasteiger partial charge is 0.406 e. The van der Waals surface area contributed by atoms with Crippen LogP contribution in [0.4, 0.5) is 28.9 Å². The largest absolute Gasteiger partial charge is 0.495 e. The van der Waals surface area contributed by atoms with Crippen LogP contribution in [0.2, 0.25) is 0 Å². The highest BCUT2D eigenvalue weighted by atomic mass is 32.2. The molecule has 0 bridgehead atoms. The average Bonchev–Trinajstić information content (AvgIpc) is 3.24. The van der Waals surface area contributed by atoms with Crippen molar-refractivity contribution in [3.05, 3.63) is 48.2 Å². The van der Waals surface area contributed by atoms with Gasteiger partial charge in [-0.1, -0.05) is 11.8 Å². The second-order valence-electron chi connectivity index (χ2n) is 9.62. The van der Waals surface area contributed by atoms with Crippen LogP contribution < -0.4 is 15.4 Å². The molecule has 12 heteroatoms. The van der Waals surface area contributed by atoms with Crippen LogP contribution in [0.25, 0.3) is 10.9 Å². The maximum absolute atomic E-state index is 14.7. The lowest BCUT2D eigenvalue weighted by Gasteiger charge is -2.33. The summed E-state index contributed by atoms with van der Waals surface area (Å²) in [4.78, 5) is 2.02. The molecule has 1 saturated heterocycles. The molecule has 0 spiro atoms. The molecule has 2 atom stereocenters. The fraction of sp³-hybridized carbons (Fsp3) is 0.407. The summed E-state index contributed by atoms with van der Waals surface area (Å²) in [5.41, 5.74) is 1.88.